The molecule has 0 saturated carbocycles. The molecule has 124 valence electrons. The quantitative estimate of drug-likeness (QED) is 0.701. The van der Waals surface area contributed by atoms with Gasteiger partial charge in [-0.25, -0.2) is 0 Å². The van der Waals surface area contributed by atoms with Crippen LogP contribution in [0.3, 0.4) is 0 Å². The molecule has 0 aromatic carbocycles. The van der Waals surface area contributed by atoms with Gasteiger partial charge in [-0.1, -0.05) is 26.7 Å². The molecule has 1 amide bonds. The van der Waals surface area contributed by atoms with Gasteiger partial charge in [0.2, 0.25) is 5.91 Å². The Hall–Kier alpha value is -0.650. The maximum absolute atomic E-state index is 12.5. The van der Waals surface area contributed by atoms with Crippen molar-refractivity contribution in [3.8, 4) is 0 Å². The predicted octanol–water partition coefficient (Wildman–Crippen LogP) is 1.50. The van der Waals surface area contributed by atoms with Crippen molar-refractivity contribution in [1.82, 2.24) is 9.80 Å². The fraction of sp³-hybridized carbons (Fsp3) is 0.938. The van der Waals surface area contributed by atoms with E-state index in [9.17, 15) is 9.90 Å². The van der Waals surface area contributed by atoms with Gasteiger partial charge in [-0.2, -0.15) is 0 Å². The van der Waals surface area contributed by atoms with E-state index in [0.717, 1.165) is 45.3 Å². The number of amides is 1. The SMILES string of the molecule is CCCCN(CCCC)C(=O)CN1CC(C)OC(CO)C1. The number of ether oxygens (including phenoxy) is 1. The number of aliphatic hydroxyl groups is 1. The first-order valence-electron chi connectivity index (χ1n) is 8.37. The van der Waals surface area contributed by atoms with Crippen LogP contribution in [0, 0.1) is 0 Å². The van der Waals surface area contributed by atoms with E-state index in [1.54, 1.807) is 0 Å². The summed E-state index contributed by atoms with van der Waals surface area (Å²) in [6.45, 7) is 9.88. The Labute approximate surface area is 129 Å². The largest absolute Gasteiger partial charge is 0.394 e. The number of carbonyl (C=O) groups is 1. The van der Waals surface area contributed by atoms with Crippen molar-refractivity contribution in [3.05, 3.63) is 0 Å². The van der Waals surface area contributed by atoms with E-state index >= 15 is 0 Å². The normalized spacial score (nSPS) is 23.2. The van der Waals surface area contributed by atoms with Gasteiger partial charge in [0.25, 0.3) is 0 Å². The molecule has 0 radical (unpaired) electrons. The van der Waals surface area contributed by atoms with Gasteiger partial charge in [0.15, 0.2) is 0 Å². The van der Waals surface area contributed by atoms with Gasteiger partial charge >= 0.3 is 0 Å². The third-order valence-corrected chi connectivity index (χ3v) is 3.88. The van der Waals surface area contributed by atoms with Crippen molar-refractivity contribution in [2.75, 3.05) is 39.3 Å². The summed E-state index contributed by atoms with van der Waals surface area (Å²) in [6, 6.07) is 0. The molecule has 1 saturated heterocycles. The van der Waals surface area contributed by atoms with Gasteiger partial charge < -0.3 is 14.7 Å². The van der Waals surface area contributed by atoms with Crippen molar-refractivity contribution >= 4 is 5.91 Å². The van der Waals surface area contributed by atoms with Crippen LogP contribution in [0.1, 0.15) is 46.5 Å². The van der Waals surface area contributed by atoms with Crippen molar-refractivity contribution in [2.24, 2.45) is 0 Å². The first-order chi connectivity index (χ1) is 10.1. The minimum absolute atomic E-state index is 0.0183. The highest BCUT2D eigenvalue weighted by Gasteiger charge is 2.27. The summed E-state index contributed by atoms with van der Waals surface area (Å²) in [5, 5.41) is 9.26. The molecule has 0 aromatic rings. The van der Waals surface area contributed by atoms with Crippen LogP contribution in [0.15, 0.2) is 0 Å². The monoisotopic (exact) mass is 300 g/mol. The first kappa shape index (κ1) is 18.4. The molecule has 2 atom stereocenters. The van der Waals surface area contributed by atoms with E-state index in [1.165, 1.54) is 0 Å². The molecule has 1 rings (SSSR count). The number of hydrogen-bond donors (Lipinski definition) is 1. The van der Waals surface area contributed by atoms with Crippen LogP contribution in [0.5, 0.6) is 0 Å². The van der Waals surface area contributed by atoms with Gasteiger partial charge in [-0.05, 0) is 19.8 Å². The van der Waals surface area contributed by atoms with Crippen molar-refractivity contribution in [3.63, 3.8) is 0 Å². The Balaban J connectivity index is 2.49. The zero-order valence-electron chi connectivity index (χ0n) is 13.9. The van der Waals surface area contributed by atoms with Crippen LogP contribution in [-0.2, 0) is 9.53 Å². The lowest BCUT2D eigenvalue weighted by Crippen LogP contribution is -2.51. The highest BCUT2D eigenvalue weighted by atomic mass is 16.5. The molecule has 5 nitrogen and oxygen atoms in total. The summed E-state index contributed by atoms with van der Waals surface area (Å²) >= 11 is 0. The van der Waals surface area contributed by atoms with Gasteiger partial charge in [-0.3, -0.25) is 9.69 Å². The maximum Gasteiger partial charge on any atom is 0.236 e. The molecule has 0 aromatic heterocycles. The summed E-state index contributed by atoms with van der Waals surface area (Å²) in [4.78, 5) is 16.6. The number of nitrogens with zero attached hydrogens (tertiary/aromatic N) is 2. The second-order valence-corrected chi connectivity index (χ2v) is 6.03. The molecular formula is C16H32N2O3. The second-order valence-electron chi connectivity index (χ2n) is 6.03. The molecule has 1 fully saturated rings. The molecule has 0 spiro atoms. The van der Waals surface area contributed by atoms with Crippen LogP contribution in [0.4, 0.5) is 0 Å². The Bertz CT molecular complexity index is 291. The molecule has 1 N–H and O–H groups in total. The number of hydrogen-bond acceptors (Lipinski definition) is 4. The highest BCUT2D eigenvalue weighted by Crippen LogP contribution is 2.11. The maximum atomic E-state index is 12.5. The minimum Gasteiger partial charge on any atom is -0.394 e. The lowest BCUT2D eigenvalue weighted by atomic mass is 10.2. The number of aliphatic hydroxyl groups excluding tert-OH is 1. The van der Waals surface area contributed by atoms with Gasteiger partial charge in [0, 0.05) is 26.2 Å². The Morgan fingerprint density at radius 1 is 1.24 bits per heavy atom. The van der Waals surface area contributed by atoms with Crippen LogP contribution in [0.25, 0.3) is 0 Å². The van der Waals surface area contributed by atoms with E-state index in [2.05, 4.69) is 18.7 Å². The zero-order valence-corrected chi connectivity index (χ0v) is 13.9. The molecular weight excluding hydrogens is 268 g/mol. The lowest BCUT2D eigenvalue weighted by molar-refractivity contribution is -0.138. The van der Waals surface area contributed by atoms with Crippen LogP contribution >= 0.6 is 0 Å². The summed E-state index contributed by atoms with van der Waals surface area (Å²) in [5.41, 5.74) is 0. The van der Waals surface area contributed by atoms with Gasteiger partial charge in [0.05, 0.1) is 25.4 Å². The predicted molar refractivity (Wildman–Crippen MR) is 84.3 cm³/mol. The third kappa shape index (κ3) is 6.76. The molecule has 2 unspecified atom stereocenters. The van der Waals surface area contributed by atoms with Crippen molar-refractivity contribution in [2.45, 2.75) is 58.7 Å². The molecule has 0 aliphatic carbocycles. The minimum atomic E-state index is -0.165. The average Bonchev–Trinajstić information content (AvgIpc) is 2.46. The van der Waals surface area contributed by atoms with Crippen LogP contribution in [-0.4, -0.2) is 72.4 Å². The number of rotatable bonds is 9. The first-order valence-corrected chi connectivity index (χ1v) is 8.37. The summed E-state index contributed by atoms with van der Waals surface area (Å²) in [6.07, 6.45) is 4.25. The van der Waals surface area contributed by atoms with E-state index in [4.69, 9.17) is 4.74 Å². The fourth-order valence-electron chi connectivity index (χ4n) is 2.72. The molecule has 21 heavy (non-hydrogen) atoms. The van der Waals surface area contributed by atoms with E-state index in [0.29, 0.717) is 13.1 Å². The van der Waals surface area contributed by atoms with Crippen molar-refractivity contribution in [1.29, 1.82) is 0 Å². The summed E-state index contributed by atoms with van der Waals surface area (Å²) < 4.78 is 5.62. The Morgan fingerprint density at radius 3 is 2.38 bits per heavy atom. The molecule has 1 heterocycles. The number of unbranched alkanes of at least 4 members (excludes halogenated alkanes) is 2. The lowest BCUT2D eigenvalue weighted by Gasteiger charge is -2.36. The van der Waals surface area contributed by atoms with Crippen molar-refractivity contribution < 1.29 is 14.6 Å². The summed E-state index contributed by atoms with van der Waals surface area (Å²) in [7, 11) is 0. The highest BCUT2D eigenvalue weighted by molar-refractivity contribution is 5.78. The fourth-order valence-corrected chi connectivity index (χ4v) is 2.72. The third-order valence-electron chi connectivity index (χ3n) is 3.88. The number of morpholine rings is 1. The van der Waals surface area contributed by atoms with E-state index in [-0.39, 0.29) is 24.7 Å². The molecule has 1 aliphatic heterocycles. The van der Waals surface area contributed by atoms with Gasteiger partial charge in [-0.15, -0.1) is 0 Å². The molecule has 5 heteroatoms. The van der Waals surface area contributed by atoms with Gasteiger partial charge in [0.1, 0.15) is 0 Å². The van der Waals surface area contributed by atoms with Crippen LogP contribution in [0.2, 0.25) is 0 Å². The van der Waals surface area contributed by atoms with Crippen LogP contribution < -0.4 is 0 Å². The van der Waals surface area contributed by atoms with E-state index < -0.39 is 0 Å². The number of carbonyl (C=O) groups excluding carboxylic acids is 1. The standard InChI is InChI=1S/C16H32N2O3/c1-4-6-8-18(9-7-5-2)16(20)12-17-10-14(3)21-15(11-17)13-19/h14-15,19H,4-13H2,1-3H3. The average molecular weight is 300 g/mol. The topological polar surface area (TPSA) is 53.0 Å². The zero-order chi connectivity index (χ0) is 15.7. The summed E-state index contributed by atoms with van der Waals surface area (Å²) in [5.74, 6) is 0.211. The Morgan fingerprint density at radius 2 is 1.86 bits per heavy atom. The molecule has 1 aliphatic rings. The molecule has 0 bridgehead atoms. The smallest absolute Gasteiger partial charge is 0.236 e. The Kier molecular flexibility index (Phi) is 8.88. The second kappa shape index (κ2) is 10.1. The van der Waals surface area contributed by atoms with E-state index in [1.807, 2.05) is 11.8 Å².